The zero-order valence-electron chi connectivity index (χ0n) is 25.3. The number of carbonyl (C=O) groups is 2. The van der Waals surface area contributed by atoms with Crippen molar-refractivity contribution in [2.45, 2.75) is 51.6 Å². The summed E-state index contributed by atoms with van der Waals surface area (Å²) in [5.41, 5.74) is 0. The van der Waals surface area contributed by atoms with Crippen LogP contribution in [-0.2, 0) is 18.4 Å². The van der Waals surface area contributed by atoms with Crippen molar-refractivity contribution in [3.8, 4) is 0 Å². The Morgan fingerprint density at radius 1 is 0.452 bits per heavy atom. The number of carbonyl (C=O) groups excluding carboxylic acids is 2. The molecule has 0 heterocycles. The standard InChI is InChI=1S/C36H40O4Si2/c1-35(2,3)41(29-19-11-7-12-20-29,30-21-13-8-14-22-30)39-33(37)27-28-34(38)40-42(36(4,5)6,31-23-15-9-16-24-31)32-25-17-10-18-26-32/h7-28H,1-6H3/b28-27-. The fourth-order valence-corrected chi connectivity index (χ4v) is 14.4. The molecule has 0 aromatic heterocycles. The van der Waals surface area contributed by atoms with Gasteiger partial charge in [-0.2, -0.15) is 0 Å². The van der Waals surface area contributed by atoms with Gasteiger partial charge in [-0.25, -0.2) is 9.59 Å². The Bertz CT molecular complexity index is 1310. The molecule has 4 rings (SSSR count). The second-order valence-electron chi connectivity index (χ2n) is 12.5. The lowest BCUT2D eigenvalue weighted by Gasteiger charge is -2.42. The lowest BCUT2D eigenvalue weighted by atomic mass is 10.2. The summed E-state index contributed by atoms with van der Waals surface area (Å²) in [6.45, 7) is 12.6. The number of rotatable bonds is 8. The van der Waals surface area contributed by atoms with Crippen LogP contribution in [0.5, 0.6) is 0 Å². The Morgan fingerprint density at radius 3 is 0.857 bits per heavy atom. The highest BCUT2D eigenvalue weighted by atomic mass is 28.4. The minimum atomic E-state index is -3.11. The van der Waals surface area contributed by atoms with Gasteiger partial charge in [-0.1, -0.05) is 163 Å². The zero-order valence-corrected chi connectivity index (χ0v) is 27.3. The second-order valence-corrected chi connectivity index (χ2v) is 20.9. The first-order chi connectivity index (χ1) is 19.9. The molecule has 4 aromatic rings. The van der Waals surface area contributed by atoms with Crippen molar-refractivity contribution in [2.24, 2.45) is 0 Å². The molecule has 6 heteroatoms. The summed E-state index contributed by atoms with van der Waals surface area (Å²) in [6, 6.07) is 39.8. The van der Waals surface area contributed by atoms with E-state index in [0.29, 0.717) is 0 Å². The number of hydrogen-bond donors (Lipinski definition) is 0. The van der Waals surface area contributed by atoms with Crippen LogP contribution in [0.2, 0.25) is 10.1 Å². The Labute approximate surface area is 252 Å². The molecular weight excluding hydrogens is 553 g/mol. The molecular formula is C36H40O4Si2. The predicted octanol–water partition coefficient (Wildman–Crippen LogP) is 5.75. The van der Waals surface area contributed by atoms with Crippen molar-refractivity contribution in [1.82, 2.24) is 0 Å². The van der Waals surface area contributed by atoms with Crippen molar-refractivity contribution < 1.29 is 18.4 Å². The molecule has 0 aliphatic rings. The SMILES string of the molecule is CC(C)(C)[Si](OC(=O)/C=C\C(=O)O[Si](c1ccccc1)(c1ccccc1)C(C)(C)C)(c1ccccc1)c1ccccc1. The summed E-state index contributed by atoms with van der Waals surface area (Å²) in [4.78, 5) is 27.2. The van der Waals surface area contributed by atoms with Crippen molar-refractivity contribution in [3.63, 3.8) is 0 Å². The highest BCUT2D eigenvalue weighted by Gasteiger charge is 2.54. The maximum atomic E-state index is 13.6. The number of hydrogen-bond acceptors (Lipinski definition) is 4. The maximum Gasteiger partial charge on any atom is 0.324 e. The van der Waals surface area contributed by atoms with Gasteiger partial charge in [0.15, 0.2) is 0 Å². The molecule has 0 saturated carbocycles. The van der Waals surface area contributed by atoms with Gasteiger partial charge in [0.1, 0.15) is 0 Å². The summed E-state index contributed by atoms with van der Waals surface area (Å²) in [5.74, 6) is -1.13. The fourth-order valence-electron chi connectivity index (χ4n) is 5.80. The average Bonchev–Trinajstić information content (AvgIpc) is 2.98. The third kappa shape index (κ3) is 6.10. The highest BCUT2D eigenvalue weighted by molar-refractivity contribution is 7.01. The molecule has 0 saturated heterocycles. The summed E-state index contributed by atoms with van der Waals surface area (Å²) in [5, 5.41) is 3.19. The second kappa shape index (κ2) is 12.5. The highest BCUT2D eigenvalue weighted by Crippen LogP contribution is 2.38. The number of benzene rings is 4. The monoisotopic (exact) mass is 592 g/mol. The molecule has 0 atom stereocenters. The Morgan fingerprint density at radius 2 is 0.667 bits per heavy atom. The normalized spacial score (nSPS) is 12.6. The van der Waals surface area contributed by atoms with Crippen LogP contribution in [0.3, 0.4) is 0 Å². The molecule has 0 spiro atoms. The third-order valence-corrected chi connectivity index (χ3v) is 17.5. The minimum Gasteiger partial charge on any atom is -0.506 e. The molecule has 0 N–H and O–H groups in total. The van der Waals surface area contributed by atoms with Gasteiger partial charge in [-0.05, 0) is 30.8 Å². The molecule has 0 fully saturated rings. The lowest BCUT2D eigenvalue weighted by Crippen LogP contribution is -2.67. The van der Waals surface area contributed by atoms with E-state index in [-0.39, 0.29) is 10.1 Å². The van der Waals surface area contributed by atoms with Gasteiger partial charge in [0.2, 0.25) is 0 Å². The van der Waals surface area contributed by atoms with Crippen molar-refractivity contribution >= 4 is 49.3 Å². The average molecular weight is 593 g/mol. The molecule has 0 aliphatic heterocycles. The molecule has 216 valence electrons. The van der Waals surface area contributed by atoms with E-state index >= 15 is 0 Å². The smallest absolute Gasteiger partial charge is 0.324 e. The van der Waals surface area contributed by atoms with Crippen molar-refractivity contribution in [2.75, 3.05) is 0 Å². The van der Waals surface area contributed by atoms with Crippen LogP contribution in [0.4, 0.5) is 0 Å². The van der Waals surface area contributed by atoms with E-state index in [1.165, 1.54) is 12.2 Å². The molecule has 0 amide bonds. The van der Waals surface area contributed by atoms with Crippen LogP contribution in [0, 0.1) is 0 Å². The zero-order chi connectivity index (χ0) is 30.4. The van der Waals surface area contributed by atoms with Gasteiger partial charge >= 0.3 is 28.6 Å². The molecule has 0 aliphatic carbocycles. The molecule has 0 radical (unpaired) electrons. The van der Waals surface area contributed by atoms with Crippen LogP contribution in [0.15, 0.2) is 133 Å². The first kappa shape index (κ1) is 30.9. The first-order valence-corrected chi connectivity index (χ1v) is 18.1. The molecule has 42 heavy (non-hydrogen) atoms. The van der Waals surface area contributed by atoms with E-state index < -0.39 is 28.6 Å². The van der Waals surface area contributed by atoms with Gasteiger partial charge in [-0.15, -0.1) is 0 Å². The van der Waals surface area contributed by atoms with Gasteiger partial charge < -0.3 is 8.85 Å². The van der Waals surface area contributed by atoms with E-state index in [2.05, 4.69) is 41.5 Å². The van der Waals surface area contributed by atoms with Crippen molar-refractivity contribution in [1.29, 1.82) is 0 Å². The molecule has 0 unspecified atom stereocenters. The summed E-state index contributed by atoms with van der Waals surface area (Å²) in [6.07, 6.45) is 2.44. The van der Waals surface area contributed by atoms with E-state index in [9.17, 15) is 9.59 Å². The van der Waals surface area contributed by atoms with Crippen LogP contribution in [0.1, 0.15) is 41.5 Å². The Balaban J connectivity index is 1.71. The van der Waals surface area contributed by atoms with Crippen molar-refractivity contribution in [3.05, 3.63) is 133 Å². The maximum absolute atomic E-state index is 13.6. The molecule has 4 aromatic carbocycles. The van der Waals surface area contributed by atoms with Gasteiger partial charge in [0.05, 0.1) is 0 Å². The largest absolute Gasteiger partial charge is 0.506 e. The third-order valence-electron chi connectivity index (χ3n) is 7.70. The first-order valence-electron chi connectivity index (χ1n) is 14.3. The molecule has 4 nitrogen and oxygen atoms in total. The van der Waals surface area contributed by atoms with E-state index in [1.807, 2.05) is 121 Å². The topological polar surface area (TPSA) is 52.6 Å². The summed E-state index contributed by atoms with van der Waals surface area (Å²) < 4.78 is 13.0. The fraction of sp³-hybridized carbons (Fsp3) is 0.222. The lowest BCUT2D eigenvalue weighted by molar-refractivity contribution is -0.132. The van der Waals surface area contributed by atoms with E-state index in [4.69, 9.17) is 8.85 Å². The van der Waals surface area contributed by atoms with Crippen LogP contribution in [0.25, 0.3) is 0 Å². The Hall–Kier alpha value is -4.01. The molecule has 0 bridgehead atoms. The van der Waals surface area contributed by atoms with Gasteiger partial charge in [0, 0.05) is 12.2 Å². The van der Waals surface area contributed by atoms with E-state index in [1.54, 1.807) is 0 Å². The summed E-state index contributed by atoms with van der Waals surface area (Å²) >= 11 is 0. The van der Waals surface area contributed by atoms with Gasteiger partial charge in [0.25, 0.3) is 0 Å². The van der Waals surface area contributed by atoms with Crippen LogP contribution in [-0.4, -0.2) is 28.6 Å². The minimum absolute atomic E-state index is 0.380. The Kier molecular flexibility index (Phi) is 9.19. The predicted molar refractivity (Wildman–Crippen MR) is 177 cm³/mol. The van der Waals surface area contributed by atoms with E-state index in [0.717, 1.165) is 20.7 Å². The summed E-state index contributed by atoms with van der Waals surface area (Å²) in [7, 11) is -6.22. The van der Waals surface area contributed by atoms with Crippen LogP contribution < -0.4 is 20.7 Å². The quantitative estimate of drug-likeness (QED) is 0.193. The van der Waals surface area contributed by atoms with Gasteiger partial charge in [-0.3, -0.25) is 0 Å². The van der Waals surface area contributed by atoms with Crippen LogP contribution >= 0.6 is 0 Å².